The Labute approximate surface area is 136 Å². The monoisotopic (exact) mass is 373 g/mol. The van der Waals surface area contributed by atoms with Gasteiger partial charge in [-0.15, -0.1) is 0 Å². The lowest BCUT2D eigenvalue weighted by Gasteiger charge is -2.33. The number of primary amides is 1. The molecule has 5 nitrogen and oxygen atoms in total. The molecule has 0 spiro atoms. The molecule has 0 bridgehead atoms. The minimum Gasteiger partial charge on any atom is -0.352 e. The zero-order valence-electron chi connectivity index (χ0n) is 11.4. The fourth-order valence-electron chi connectivity index (χ4n) is 2.52. The summed E-state index contributed by atoms with van der Waals surface area (Å²) in [5, 5.41) is 3.13. The molecule has 7 heteroatoms. The van der Waals surface area contributed by atoms with Gasteiger partial charge in [0.25, 0.3) is 5.91 Å². The van der Waals surface area contributed by atoms with E-state index < -0.39 is 6.03 Å². The summed E-state index contributed by atoms with van der Waals surface area (Å²) in [6, 6.07) is 4.64. The molecule has 21 heavy (non-hydrogen) atoms. The predicted molar refractivity (Wildman–Crippen MR) is 85.4 cm³/mol. The van der Waals surface area contributed by atoms with E-state index in [2.05, 4.69) is 21.2 Å². The molecular formula is C14H17BrClN3O2. The average Bonchev–Trinajstić information content (AvgIpc) is 2.43. The van der Waals surface area contributed by atoms with E-state index in [-0.39, 0.29) is 11.8 Å². The van der Waals surface area contributed by atoms with Gasteiger partial charge >= 0.3 is 6.03 Å². The van der Waals surface area contributed by atoms with Gasteiger partial charge in [-0.05, 0) is 37.0 Å². The largest absolute Gasteiger partial charge is 0.352 e. The van der Waals surface area contributed by atoms with Crippen molar-refractivity contribution in [1.29, 1.82) is 0 Å². The molecule has 1 aromatic carbocycles. The molecule has 0 aromatic heterocycles. The number of carbonyl (C=O) groups excluding carboxylic acids is 2. The van der Waals surface area contributed by atoms with Crippen LogP contribution in [-0.4, -0.2) is 36.5 Å². The molecule has 2 rings (SSSR count). The van der Waals surface area contributed by atoms with Gasteiger partial charge in [0.05, 0.1) is 0 Å². The van der Waals surface area contributed by atoms with Crippen molar-refractivity contribution < 1.29 is 9.59 Å². The number of carbonyl (C=O) groups is 2. The first-order valence-corrected chi connectivity index (χ1v) is 7.91. The number of likely N-dealkylation sites (tertiary alicyclic amines) is 1. The second-order valence-corrected chi connectivity index (χ2v) is 6.51. The van der Waals surface area contributed by atoms with E-state index in [4.69, 9.17) is 17.3 Å². The van der Waals surface area contributed by atoms with Crippen LogP contribution < -0.4 is 11.1 Å². The van der Waals surface area contributed by atoms with Crippen molar-refractivity contribution in [3.63, 3.8) is 0 Å². The third-order valence-corrected chi connectivity index (χ3v) is 4.16. The number of nitrogens with zero attached hydrogens (tertiary/aromatic N) is 1. The second kappa shape index (κ2) is 7.13. The lowest BCUT2D eigenvalue weighted by molar-refractivity contribution is 0.0675. The van der Waals surface area contributed by atoms with Gasteiger partial charge in [-0.1, -0.05) is 27.5 Å². The van der Waals surface area contributed by atoms with Crippen LogP contribution in [-0.2, 0) is 0 Å². The van der Waals surface area contributed by atoms with E-state index in [0.717, 1.165) is 23.9 Å². The van der Waals surface area contributed by atoms with E-state index >= 15 is 0 Å². The highest BCUT2D eigenvalue weighted by Crippen LogP contribution is 2.23. The van der Waals surface area contributed by atoms with Gasteiger partial charge < -0.3 is 16.0 Å². The molecule has 3 N–H and O–H groups in total. The maximum atomic E-state index is 12.5. The Kier molecular flexibility index (Phi) is 5.47. The van der Waals surface area contributed by atoms with Gasteiger partial charge in [-0.25, -0.2) is 4.79 Å². The number of rotatable bonds is 3. The third kappa shape index (κ3) is 4.61. The first-order chi connectivity index (χ1) is 9.95. The summed E-state index contributed by atoms with van der Waals surface area (Å²) in [5.41, 5.74) is 5.65. The normalized spacial score (nSPS) is 18.4. The smallest absolute Gasteiger partial charge is 0.312 e. The Bertz CT molecular complexity index is 533. The Morgan fingerprint density at radius 2 is 2.19 bits per heavy atom. The molecule has 1 unspecified atom stereocenters. The molecule has 1 saturated heterocycles. The Balaban J connectivity index is 2.03. The molecule has 3 amide bonds. The molecule has 0 saturated carbocycles. The van der Waals surface area contributed by atoms with E-state index in [9.17, 15) is 9.59 Å². The molecule has 114 valence electrons. The van der Waals surface area contributed by atoms with Gasteiger partial charge in [0, 0.05) is 34.7 Å². The zero-order valence-corrected chi connectivity index (χ0v) is 13.8. The van der Waals surface area contributed by atoms with Crippen molar-refractivity contribution >= 4 is 39.5 Å². The van der Waals surface area contributed by atoms with E-state index in [1.807, 2.05) is 0 Å². The number of hydrogen-bond acceptors (Lipinski definition) is 2. The zero-order chi connectivity index (χ0) is 15.4. The summed E-state index contributed by atoms with van der Waals surface area (Å²) >= 11 is 9.33. The number of amides is 3. The van der Waals surface area contributed by atoms with Crippen molar-refractivity contribution in [2.24, 2.45) is 11.7 Å². The van der Waals surface area contributed by atoms with E-state index in [1.54, 1.807) is 23.1 Å². The SMILES string of the molecule is NC(=O)NCC1CCCN(C(=O)c2cc(Cl)cc(Br)c2)C1. The molecular weight excluding hydrogens is 358 g/mol. The van der Waals surface area contributed by atoms with Crippen LogP contribution >= 0.6 is 27.5 Å². The van der Waals surface area contributed by atoms with Crippen molar-refractivity contribution in [3.05, 3.63) is 33.3 Å². The highest BCUT2D eigenvalue weighted by molar-refractivity contribution is 9.10. The highest BCUT2D eigenvalue weighted by Gasteiger charge is 2.25. The number of hydrogen-bond donors (Lipinski definition) is 2. The topological polar surface area (TPSA) is 75.4 Å². The average molecular weight is 375 g/mol. The molecule has 0 aliphatic carbocycles. The van der Waals surface area contributed by atoms with Gasteiger partial charge in [0.1, 0.15) is 0 Å². The number of nitrogens with one attached hydrogen (secondary N) is 1. The summed E-state index contributed by atoms with van der Waals surface area (Å²) in [7, 11) is 0. The number of urea groups is 1. The lowest BCUT2D eigenvalue weighted by atomic mass is 9.97. The number of benzene rings is 1. The van der Waals surface area contributed by atoms with Gasteiger partial charge in [-0.3, -0.25) is 4.79 Å². The van der Waals surface area contributed by atoms with Crippen LogP contribution in [0.1, 0.15) is 23.2 Å². The fourth-order valence-corrected chi connectivity index (χ4v) is 3.38. The second-order valence-electron chi connectivity index (χ2n) is 5.16. The first kappa shape index (κ1) is 16.1. The van der Waals surface area contributed by atoms with Crippen molar-refractivity contribution in [2.45, 2.75) is 12.8 Å². The fraction of sp³-hybridized carbons (Fsp3) is 0.429. The molecule has 1 atom stereocenters. The lowest BCUT2D eigenvalue weighted by Crippen LogP contribution is -2.44. The summed E-state index contributed by atoms with van der Waals surface area (Å²) < 4.78 is 0.780. The van der Waals surface area contributed by atoms with Gasteiger partial charge in [-0.2, -0.15) is 0 Å². The third-order valence-electron chi connectivity index (χ3n) is 3.48. The molecule has 1 fully saturated rings. The van der Waals surface area contributed by atoms with Crippen molar-refractivity contribution in [1.82, 2.24) is 10.2 Å². The van der Waals surface area contributed by atoms with Crippen molar-refractivity contribution in [3.8, 4) is 0 Å². The molecule has 1 aliphatic rings. The van der Waals surface area contributed by atoms with Crippen LogP contribution in [0.2, 0.25) is 5.02 Å². The molecule has 0 radical (unpaired) electrons. The van der Waals surface area contributed by atoms with Crippen LogP contribution in [0.4, 0.5) is 4.79 Å². The molecule has 1 aliphatic heterocycles. The summed E-state index contributed by atoms with van der Waals surface area (Å²) in [5.74, 6) is 0.194. The van der Waals surface area contributed by atoms with Gasteiger partial charge in [0.15, 0.2) is 0 Å². The summed E-state index contributed by atoms with van der Waals surface area (Å²) in [6.45, 7) is 1.83. The van der Waals surface area contributed by atoms with Crippen LogP contribution in [0.25, 0.3) is 0 Å². The minimum absolute atomic E-state index is 0.0398. The quantitative estimate of drug-likeness (QED) is 0.853. The highest BCUT2D eigenvalue weighted by atomic mass is 79.9. The summed E-state index contributed by atoms with van der Waals surface area (Å²) in [4.78, 5) is 25.1. The maximum absolute atomic E-state index is 12.5. The standard InChI is InChI=1S/C14H17BrClN3O2/c15-11-4-10(5-12(16)6-11)13(20)19-3-1-2-9(8-19)7-18-14(17)21/h4-6,9H,1-3,7-8H2,(H3,17,18,21). The minimum atomic E-state index is -0.530. The van der Waals surface area contributed by atoms with Crippen molar-refractivity contribution in [2.75, 3.05) is 19.6 Å². The van der Waals surface area contributed by atoms with Crippen LogP contribution in [0.3, 0.4) is 0 Å². The maximum Gasteiger partial charge on any atom is 0.312 e. The number of halogens is 2. The number of nitrogens with two attached hydrogens (primary N) is 1. The van der Waals surface area contributed by atoms with Crippen LogP contribution in [0, 0.1) is 5.92 Å². The Morgan fingerprint density at radius 1 is 1.43 bits per heavy atom. The molecule has 1 aromatic rings. The van der Waals surface area contributed by atoms with E-state index in [1.165, 1.54) is 0 Å². The van der Waals surface area contributed by atoms with Crippen LogP contribution in [0.15, 0.2) is 22.7 Å². The Hall–Kier alpha value is -1.27. The predicted octanol–water partition coefficient (Wildman–Crippen LogP) is 2.62. The van der Waals surface area contributed by atoms with Gasteiger partial charge in [0.2, 0.25) is 0 Å². The summed E-state index contributed by atoms with van der Waals surface area (Å²) in [6.07, 6.45) is 1.89. The first-order valence-electron chi connectivity index (χ1n) is 6.74. The van der Waals surface area contributed by atoms with E-state index in [0.29, 0.717) is 23.7 Å². The Morgan fingerprint density at radius 3 is 2.86 bits per heavy atom. The molecule has 1 heterocycles. The number of piperidine rings is 1. The van der Waals surface area contributed by atoms with Crippen LogP contribution in [0.5, 0.6) is 0 Å².